The minimum absolute atomic E-state index is 0.179. The van der Waals surface area contributed by atoms with Gasteiger partial charge in [0.2, 0.25) is 10.0 Å². The number of pyridine rings is 1. The third kappa shape index (κ3) is 5.04. The van der Waals surface area contributed by atoms with Gasteiger partial charge < -0.3 is 9.47 Å². The van der Waals surface area contributed by atoms with Gasteiger partial charge in [-0.2, -0.15) is 0 Å². The first-order valence-electron chi connectivity index (χ1n) is 9.11. The molecule has 0 saturated carbocycles. The molecule has 2 aromatic carbocycles. The zero-order valence-electron chi connectivity index (χ0n) is 17.2. The molecule has 164 valence electrons. The van der Waals surface area contributed by atoms with Crippen molar-refractivity contribution < 1.29 is 26.3 Å². The molecule has 1 heterocycles. The molecule has 0 bridgehead atoms. The van der Waals surface area contributed by atoms with Crippen LogP contribution in [0.25, 0.3) is 11.1 Å². The first kappa shape index (κ1) is 22.7. The molecule has 0 amide bonds. The van der Waals surface area contributed by atoms with Crippen LogP contribution in [0.15, 0.2) is 71.9 Å². The molecule has 8 nitrogen and oxygen atoms in total. The molecule has 0 aliphatic heterocycles. The van der Waals surface area contributed by atoms with Crippen molar-refractivity contribution in [3.63, 3.8) is 0 Å². The lowest BCUT2D eigenvalue weighted by Gasteiger charge is -2.21. The van der Waals surface area contributed by atoms with Crippen LogP contribution in [0.4, 0.5) is 0 Å². The number of benzene rings is 2. The molecular formula is C21H22N2O6S2. The van der Waals surface area contributed by atoms with Crippen LogP contribution in [-0.2, 0) is 26.6 Å². The van der Waals surface area contributed by atoms with Crippen LogP contribution >= 0.6 is 0 Å². The fourth-order valence-corrected chi connectivity index (χ4v) is 6.08. The number of sulfonamides is 2. The lowest BCUT2D eigenvalue weighted by molar-refractivity contribution is 0.353. The van der Waals surface area contributed by atoms with Gasteiger partial charge in [0.05, 0.1) is 31.9 Å². The predicted molar refractivity (Wildman–Crippen MR) is 117 cm³/mol. The normalized spacial score (nSPS) is 12.0. The van der Waals surface area contributed by atoms with Gasteiger partial charge in [0.1, 0.15) is 0 Å². The van der Waals surface area contributed by atoms with Crippen molar-refractivity contribution in [2.75, 3.05) is 20.5 Å². The molecule has 1 aromatic heterocycles. The average Bonchev–Trinajstić information content (AvgIpc) is 2.77. The Kier molecular flexibility index (Phi) is 6.63. The lowest BCUT2D eigenvalue weighted by atomic mass is 10.1. The first-order valence-corrected chi connectivity index (χ1v) is 12.4. The molecule has 0 atom stereocenters. The third-order valence-corrected chi connectivity index (χ3v) is 8.34. The Morgan fingerprint density at radius 2 is 1.55 bits per heavy atom. The predicted octanol–water partition coefficient (Wildman–Crippen LogP) is 2.92. The Balaban J connectivity index is 1.96. The first-order chi connectivity index (χ1) is 14.7. The van der Waals surface area contributed by atoms with E-state index in [0.29, 0.717) is 15.0 Å². The Hall–Kier alpha value is -2.95. The molecule has 0 saturated heterocycles. The van der Waals surface area contributed by atoms with E-state index in [1.54, 1.807) is 36.7 Å². The van der Waals surface area contributed by atoms with Crippen LogP contribution in [0, 0.1) is 0 Å². The number of hydrogen-bond acceptors (Lipinski definition) is 7. The van der Waals surface area contributed by atoms with Crippen LogP contribution in [0.1, 0.15) is 5.56 Å². The monoisotopic (exact) mass is 462 g/mol. The van der Waals surface area contributed by atoms with Gasteiger partial charge in [0.25, 0.3) is 10.0 Å². The summed E-state index contributed by atoms with van der Waals surface area (Å²) in [7, 11) is -5.69. The molecule has 0 aliphatic carbocycles. The molecule has 0 unspecified atom stereocenters. The largest absolute Gasteiger partial charge is 0.493 e. The summed E-state index contributed by atoms with van der Waals surface area (Å²) >= 11 is 0. The van der Waals surface area contributed by atoms with Crippen molar-refractivity contribution in [3.8, 4) is 22.6 Å². The minimum atomic E-state index is -4.38. The maximum absolute atomic E-state index is 13.2. The van der Waals surface area contributed by atoms with Crippen molar-refractivity contribution in [3.05, 3.63) is 72.6 Å². The SMILES string of the molecule is COc1ccc(S(=O)(=O)N(Cc2ccc(-c3cccnc3)cc2)S(C)(=O)=O)cc1OC. The Labute approximate surface area is 182 Å². The van der Waals surface area contributed by atoms with Gasteiger partial charge in [-0.3, -0.25) is 4.98 Å². The molecule has 0 N–H and O–H groups in total. The van der Waals surface area contributed by atoms with Gasteiger partial charge in [-0.1, -0.05) is 34.0 Å². The smallest absolute Gasteiger partial charge is 0.256 e. The van der Waals surface area contributed by atoms with Crippen LogP contribution < -0.4 is 9.47 Å². The van der Waals surface area contributed by atoms with Crippen molar-refractivity contribution in [1.82, 2.24) is 8.69 Å². The van der Waals surface area contributed by atoms with E-state index in [0.717, 1.165) is 17.4 Å². The highest BCUT2D eigenvalue weighted by Gasteiger charge is 2.33. The van der Waals surface area contributed by atoms with Crippen LogP contribution in [0.3, 0.4) is 0 Å². The van der Waals surface area contributed by atoms with Gasteiger partial charge in [0, 0.05) is 18.5 Å². The Morgan fingerprint density at radius 1 is 0.871 bits per heavy atom. The summed E-state index contributed by atoms with van der Waals surface area (Å²) in [6.07, 6.45) is 4.23. The maximum Gasteiger partial charge on any atom is 0.256 e. The summed E-state index contributed by atoms with van der Waals surface area (Å²) in [5.41, 5.74) is 2.29. The van der Waals surface area contributed by atoms with E-state index < -0.39 is 20.0 Å². The van der Waals surface area contributed by atoms with E-state index in [-0.39, 0.29) is 17.2 Å². The minimum Gasteiger partial charge on any atom is -0.493 e. The van der Waals surface area contributed by atoms with Crippen LogP contribution in [0.2, 0.25) is 0 Å². The quantitative estimate of drug-likeness (QED) is 0.507. The van der Waals surface area contributed by atoms with E-state index >= 15 is 0 Å². The Morgan fingerprint density at radius 3 is 2.10 bits per heavy atom. The molecule has 0 fully saturated rings. The standard InChI is InChI=1S/C21H22N2O6S2/c1-28-20-11-10-19(13-21(20)29-2)31(26,27)23(30(3,24)25)15-16-6-8-17(9-7-16)18-5-4-12-22-14-18/h4-14H,15H2,1-3H3. The second-order valence-corrected chi connectivity index (χ2v) is 10.7. The number of rotatable bonds is 8. The van der Waals surface area contributed by atoms with Crippen molar-refractivity contribution >= 4 is 20.0 Å². The maximum atomic E-state index is 13.2. The molecule has 3 aromatic rings. The van der Waals surface area contributed by atoms with Crippen LogP contribution in [-0.4, -0.2) is 46.0 Å². The summed E-state index contributed by atoms with van der Waals surface area (Å²) < 4.78 is 61.9. The molecular weight excluding hydrogens is 440 g/mol. The lowest BCUT2D eigenvalue weighted by Crippen LogP contribution is -2.35. The number of hydrogen-bond donors (Lipinski definition) is 0. The molecule has 0 spiro atoms. The summed E-state index contributed by atoms with van der Waals surface area (Å²) in [4.78, 5) is 3.85. The Bertz CT molecular complexity index is 1260. The van der Waals surface area contributed by atoms with E-state index in [9.17, 15) is 16.8 Å². The van der Waals surface area contributed by atoms with E-state index in [2.05, 4.69) is 4.98 Å². The zero-order valence-corrected chi connectivity index (χ0v) is 18.9. The fraction of sp³-hybridized carbons (Fsp3) is 0.190. The average molecular weight is 463 g/mol. The van der Waals surface area contributed by atoms with Gasteiger partial charge >= 0.3 is 0 Å². The van der Waals surface area contributed by atoms with Crippen LogP contribution in [0.5, 0.6) is 11.5 Å². The topological polar surface area (TPSA) is 103 Å². The highest BCUT2D eigenvalue weighted by Crippen LogP contribution is 2.32. The number of aromatic nitrogens is 1. The zero-order chi connectivity index (χ0) is 22.6. The third-order valence-electron chi connectivity index (χ3n) is 4.55. The van der Waals surface area contributed by atoms with Crippen molar-refractivity contribution in [2.45, 2.75) is 11.4 Å². The highest BCUT2D eigenvalue weighted by molar-refractivity contribution is 8.03. The molecule has 31 heavy (non-hydrogen) atoms. The number of methoxy groups -OCH3 is 2. The second kappa shape index (κ2) is 9.04. The van der Waals surface area contributed by atoms with E-state index in [1.165, 1.54) is 32.4 Å². The van der Waals surface area contributed by atoms with Gasteiger partial charge in [0.15, 0.2) is 11.5 Å². The van der Waals surface area contributed by atoms with Crippen molar-refractivity contribution in [1.29, 1.82) is 0 Å². The van der Waals surface area contributed by atoms with Gasteiger partial charge in [-0.05, 0) is 34.9 Å². The summed E-state index contributed by atoms with van der Waals surface area (Å²) in [5, 5.41) is 0. The van der Waals surface area contributed by atoms with Crippen molar-refractivity contribution in [2.24, 2.45) is 0 Å². The molecule has 3 rings (SSSR count). The highest BCUT2D eigenvalue weighted by atomic mass is 32.3. The van der Waals surface area contributed by atoms with E-state index in [4.69, 9.17) is 9.47 Å². The fourth-order valence-electron chi connectivity index (χ4n) is 2.96. The second-order valence-electron chi connectivity index (χ2n) is 6.65. The summed E-state index contributed by atoms with van der Waals surface area (Å²) in [5.74, 6) is 0.510. The summed E-state index contributed by atoms with van der Waals surface area (Å²) in [6, 6.07) is 14.6. The molecule has 0 radical (unpaired) electrons. The number of ether oxygens (including phenoxy) is 2. The van der Waals surface area contributed by atoms with E-state index in [1.807, 2.05) is 12.1 Å². The van der Waals surface area contributed by atoms with Gasteiger partial charge in [-0.25, -0.2) is 16.8 Å². The molecule has 10 heteroatoms. The number of nitrogens with zero attached hydrogens (tertiary/aromatic N) is 2. The molecule has 0 aliphatic rings. The summed E-state index contributed by atoms with van der Waals surface area (Å²) in [6.45, 7) is -0.344. The van der Waals surface area contributed by atoms with Gasteiger partial charge in [-0.15, -0.1) is 0 Å².